The number of aromatic nitrogens is 5. The summed E-state index contributed by atoms with van der Waals surface area (Å²) in [5.41, 5.74) is 1.57. The Hall–Kier alpha value is -3.47. The number of nitrogens with zero attached hydrogens (tertiary/aromatic N) is 5. The van der Waals surface area contributed by atoms with Crippen molar-refractivity contribution in [2.45, 2.75) is 11.6 Å². The van der Waals surface area contributed by atoms with Crippen molar-refractivity contribution in [2.75, 3.05) is 11.1 Å². The number of carbonyl (C=O) groups excluding carboxylic acids is 1. The van der Waals surface area contributed by atoms with Gasteiger partial charge in [-0.25, -0.2) is 27.8 Å². The van der Waals surface area contributed by atoms with E-state index in [4.69, 9.17) is 0 Å². The van der Waals surface area contributed by atoms with E-state index >= 15 is 0 Å². The molecule has 2 heterocycles. The summed E-state index contributed by atoms with van der Waals surface area (Å²) in [4.78, 5) is 20.4. The van der Waals surface area contributed by atoms with Gasteiger partial charge in [0, 0.05) is 6.07 Å². The van der Waals surface area contributed by atoms with Gasteiger partial charge in [-0.1, -0.05) is 29.1 Å². The van der Waals surface area contributed by atoms with Gasteiger partial charge in [0.1, 0.15) is 28.8 Å². The Bertz CT molecular complexity index is 1210. The lowest BCUT2D eigenvalue weighted by Crippen LogP contribution is -2.15. The fourth-order valence-electron chi connectivity index (χ4n) is 2.66. The maximum Gasteiger partial charge on any atom is 0.234 e. The van der Waals surface area contributed by atoms with Crippen molar-refractivity contribution in [3.63, 3.8) is 0 Å². The molecule has 0 unspecified atom stereocenters. The van der Waals surface area contributed by atoms with Crippen molar-refractivity contribution in [1.82, 2.24) is 25.0 Å². The van der Waals surface area contributed by atoms with Crippen LogP contribution in [0.25, 0.3) is 11.2 Å². The number of amides is 1. The normalized spacial score (nSPS) is 11.0. The Balaban J connectivity index is 1.46. The summed E-state index contributed by atoms with van der Waals surface area (Å²) in [6.07, 6.45) is 1.33. The lowest BCUT2D eigenvalue weighted by atomic mass is 10.2. The first-order valence-corrected chi connectivity index (χ1v) is 9.64. The highest BCUT2D eigenvalue weighted by Gasteiger charge is 2.15. The Labute approximate surface area is 172 Å². The zero-order valence-corrected chi connectivity index (χ0v) is 16.0. The summed E-state index contributed by atoms with van der Waals surface area (Å²) in [6.45, 7) is 0.336. The molecule has 152 valence electrons. The average Bonchev–Trinajstić information content (AvgIpc) is 3.14. The molecule has 0 bridgehead atoms. The van der Waals surface area contributed by atoms with E-state index < -0.39 is 17.5 Å². The van der Waals surface area contributed by atoms with Crippen LogP contribution in [0.1, 0.15) is 5.56 Å². The van der Waals surface area contributed by atoms with Gasteiger partial charge in [-0.2, -0.15) is 0 Å². The molecule has 2 aromatic heterocycles. The molecule has 0 radical (unpaired) electrons. The second kappa shape index (κ2) is 8.49. The van der Waals surface area contributed by atoms with E-state index in [2.05, 4.69) is 25.6 Å². The molecule has 0 spiro atoms. The second-order valence-corrected chi connectivity index (χ2v) is 7.15. The Morgan fingerprint density at radius 2 is 1.80 bits per heavy atom. The number of halogens is 3. The molecule has 4 rings (SSSR count). The smallest absolute Gasteiger partial charge is 0.234 e. The summed E-state index contributed by atoms with van der Waals surface area (Å²) in [5, 5.41) is 10.9. The molecule has 2 aromatic carbocycles. The highest BCUT2D eigenvalue weighted by atomic mass is 32.2. The van der Waals surface area contributed by atoms with Crippen molar-refractivity contribution in [1.29, 1.82) is 0 Å². The van der Waals surface area contributed by atoms with Gasteiger partial charge < -0.3 is 5.32 Å². The second-order valence-electron chi connectivity index (χ2n) is 6.19. The number of anilines is 1. The first kappa shape index (κ1) is 19.8. The van der Waals surface area contributed by atoms with Crippen LogP contribution in [-0.2, 0) is 11.3 Å². The van der Waals surface area contributed by atoms with Crippen molar-refractivity contribution in [3.05, 3.63) is 71.8 Å². The predicted molar refractivity (Wildman–Crippen MR) is 104 cm³/mol. The summed E-state index contributed by atoms with van der Waals surface area (Å²) in [6, 6.07) is 8.88. The van der Waals surface area contributed by atoms with Gasteiger partial charge in [-0.15, -0.1) is 5.10 Å². The Morgan fingerprint density at radius 1 is 1.03 bits per heavy atom. The standard InChI is InChI=1S/C19H13F3N6OS/c20-12-3-1-11(2-4-12)8-28-18-17(26-27-28)19(24-10-23-18)30-9-16(29)25-15-6-5-13(21)7-14(15)22/h1-7,10H,8-9H2,(H,25,29). The monoisotopic (exact) mass is 430 g/mol. The van der Waals surface area contributed by atoms with Crippen molar-refractivity contribution < 1.29 is 18.0 Å². The number of benzene rings is 2. The summed E-state index contributed by atoms with van der Waals surface area (Å²) in [5.74, 6) is -2.49. The van der Waals surface area contributed by atoms with Gasteiger partial charge in [0.05, 0.1) is 18.0 Å². The fraction of sp³-hybridized carbons (Fsp3) is 0.105. The molecule has 1 amide bonds. The highest BCUT2D eigenvalue weighted by Crippen LogP contribution is 2.23. The first-order chi connectivity index (χ1) is 14.5. The third-order valence-electron chi connectivity index (χ3n) is 4.06. The average molecular weight is 430 g/mol. The van der Waals surface area contributed by atoms with Crippen LogP contribution in [0.15, 0.2) is 53.8 Å². The number of thioether (sulfide) groups is 1. The molecule has 0 atom stereocenters. The molecule has 4 aromatic rings. The third-order valence-corrected chi connectivity index (χ3v) is 5.04. The number of fused-ring (bicyclic) bond motifs is 1. The molecule has 1 N–H and O–H groups in total. The molecule has 0 saturated heterocycles. The van der Waals surface area contributed by atoms with Crippen LogP contribution in [0.2, 0.25) is 0 Å². The van der Waals surface area contributed by atoms with Crippen LogP contribution in [0.3, 0.4) is 0 Å². The number of rotatable bonds is 6. The van der Waals surface area contributed by atoms with Crippen LogP contribution in [0.5, 0.6) is 0 Å². The summed E-state index contributed by atoms with van der Waals surface area (Å²) < 4.78 is 41.2. The van der Waals surface area contributed by atoms with Gasteiger partial charge in [-0.05, 0) is 29.8 Å². The maximum atomic E-state index is 13.7. The van der Waals surface area contributed by atoms with Crippen LogP contribution < -0.4 is 5.32 Å². The number of hydrogen-bond donors (Lipinski definition) is 1. The summed E-state index contributed by atoms with van der Waals surface area (Å²) in [7, 11) is 0. The number of nitrogens with one attached hydrogen (secondary N) is 1. The molecule has 30 heavy (non-hydrogen) atoms. The zero-order valence-electron chi connectivity index (χ0n) is 15.2. The molecule has 0 aliphatic rings. The zero-order chi connectivity index (χ0) is 21.1. The van der Waals surface area contributed by atoms with Gasteiger partial charge in [0.15, 0.2) is 11.2 Å². The fourth-order valence-corrected chi connectivity index (χ4v) is 3.39. The predicted octanol–water partition coefficient (Wildman–Crippen LogP) is 3.42. The van der Waals surface area contributed by atoms with Crippen molar-refractivity contribution in [3.8, 4) is 0 Å². The molecular formula is C19H13F3N6OS. The van der Waals surface area contributed by atoms with Crippen molar-refractivity contribution in [2.24, 2.45) is 0 Å². The molecule has 11 heteroatoms. The van der Waals surface area contributed by atoms with Gasteiger partial charge in [-0.3, -0.25) is 4.79 Å². The number of hydrogen-bond acceptors (Lipinski definition) is 6. The first-order valence-electron chi connectivity index (χ1n) is 8.66. The van der Waals surface area contributed by atoms with E-state index in [9.17, 15) is 18.0 Å². The molecular weight excluding hydrogens is 417 g/mol. The quantitative estimate of drug-likeness (QED) is 0.373. The minimum atomic E-state index is -0.860. The molecule has 7 nitrogen and oxygen atoms in total. The molecule has 0 aliphatic carbocycles. The minimum absolute atomic E-state index is 0.0756. The summed E-state index contributed by atoms with van der Waals surface area (Å²) >= 11 is 1.08. The SMILES string of the molecule is O=C(CSc1ncnc2c1nnn2Cc1ccc(F)cc1)Nc1ccc(F)cc1F. The van der Waals surface area contributed by atoms with Gasteiger partial charge >= 0.3 is 0 Å². The highest BCUT2D eigenvalue weighted by molar-refractivity contribution is 8.00. The molecule has 0 aliphatic heterocycles. The van der Waals surface area contributed by atoms with E-state index in [1.165, 1.54) is 18.5 Å². The van der Waals surface area contributed by atoms with Gasteiger partial charge in [0.2, 0.25) is 5.91 Å². The Morgan fingerprint density at radius 3 is 2.57 bits per heavy atom. The van der Waals surface area contributed by atoms with E-state index in [1.807, 2.05) is 0 Å². The maximum absolute atomic E-state index is 13.7. The van der Waals surface area contributed by atoms with E-state index in [-0.39, 0.29) is 17.3 Å². The molecule has 0 saturated carbocycles. The third kappa shape index (κ3) is 4.40. The van der Waals surface area contributed by atoms with E-state index in [0.29, 0.717) is 28.8 Å². The van der Waals surface area contributed by atoms with E-state index in [0.717, 1.165) is 29.5 Å². The largest absolute Gasteiger partial charge is 0.323 e. The topological polar surface area (TPSA) is 85.6 Å². The van der Waals surface area contributed by atoms with Gasteiger partial charge in [0.25, 0.3) is 0 Å². The Kier molecular flexibility index (Phi) is 5.61. The number of carbonyl (C=O) groups is 1. The molecule has 0 fully saturated rings. The lowest BCUT2D eigenvalue weighted by molar-refractivity contribution is -0.113. The van der Waals surface area contributed by atoms with Crippen LogP contribution in [0, 0.1) is 17.5 Å². The minimum Gasteiger partial charge on any atom is -0.323 e. The van der Waals surface area contributed by atoms with Crippen LogP contribution in [0.4, 0.5) is 18.9 Å². The van der Waals surface area contributed by atoms with E-state index in [1.54, 1.807) is 16.8 Å². The van der Waals surface area contributed by atoms with Crippen LogP contribution in [-0.4, -0.2) is 36.6 Å². The van der Waals surface area contributed by atoms with Crippen molar-refractivity contribution >= 4 is 34.5 Å². The lowest BCUT2D eigenvalue weighted by Gasteiger charge is -2.06. The van der Waals surface area contributed by atoms with Crippen LogP contribution >= 0.6 is 11.8 Å².